The number of hydrogen-bond donors (Lipinski definition) is 0. The molecule has 0 aliphatic rings. The van der Waals surface area contributed by atoms with Gasteiger partial charge in [0.05, 0.1) is 19.2 Å². The summed E-state index contributed by atoms with van der Waals surface area (Å²) in [6, 6.07) is 15.6. The van der Waals surface area contributed by atoms with Crippen LogP contribution in [0.5, 0.6) is 0 Å². The molecule has 4 nitrogen and oxygen atoms in total. The molecule has 0 heterocycles. The summed E-state index contributed by atoms with van der Waals surface area (Å²) in [6.45, 7) is 21.4. The number of nitriles is 1. The fourth-order valence-electron chi connectivity index (χ4n) is 3.45. The zero-order valence-corrected chi connectivity index (χ0v) is 19.8. The second kappa shape index (κ2) is 14.1. The van der Waals surface area contributed by atoms with Crippen LogP contribution in [-0.2, 0) is 0 Å². The fraction of sp³-hybridized carbons (Fsp3) is 0.276. The van der Waals surface area contributed by atoms with E-state index in [1.165, 1.54) is 30.0 Å². The van der Waals surface area contributed by atoms with Crippen LogP contribution >= 0.6 is 0 Å². The van der Waals surface area contributed by atoms with E-state index in [0.717, 1.165) is 44.3 Å². The van der Waals surface area contributed by atoms with Crippen molar-refractivity contribution in [3.8, 4) is 6.07 Å². The molecule has 0 aliphatic heterocycles. The van der Waals surface area contributed by atoms with Crippen molar-refractivity contribution in [2.45, 2.75) is 39.5 Å². The number of halogens is 1. The third-order valence-corrected chi connectivity index (χ3v) is 5.33. The molecule has 2 aromatic carbocycles. The summed E-state index contributed by atoms with van der Waals surface area (Å²) >= 11 is 0. The lowest BCUT2D eigenvalue weighted by Gasteiger charge is -2.24. The van der Waals surface area contributed by atoms with E-state index in [1.807, 2.05) is 24.3 Å². The molecule has 2 aromatic rings. The third kappa shape index (κ3) is 7.47. The molecule has 0 fully saturated rings. The van der Waals surface area contributed by atoms with E-state index in [1.54, 1.807) is 12.2 Å². The first-order valence-electron chi connectivity index (χ1n) is 11.5. The van der Waals surface area contributed by atoms with Gasteiger partial charge >= 0.3 is 0 Å². The number of nitrogens with zero attached hydrogens (tertiary/aromatic N) is 4. The lowest BCUT2D eigenvalue weighted by atomic mass is 10.00. The standard InChI is InChI=1S/C29H29FN4/c1-5-7-20-34(21-8-6-2)26-18-12-23(13-19-26)10-9-11-27(32-3)29(28(22-31)33-4)24-14-16-25(30)17-15-24/h9-19H,5-8,20-21H2,1-2H3. The number of unbranched alkanes of at least 4 members (excludes halogenated alkanes) is 2. The summed E-state index contributed by atoms with van der Waals surface area (Å²) in [5.41, 5.74) is 2.79. The largest absolute Gasteiger partial charge is 0.372 e. The zero-order valence-electron chi connectivity index (χ0n) is 19.8. The molecule has 0 radical (unpaired) electrons. The molecule has 0 N–H and O–H groups in total. The van der Waals surface area contributed by atoms with Crippen molar-refractivity contribution in [1.29, 1.82) is 5.26 Å². The molecule has 0 atom stereocenters. The smallest absolute Gasteiger partial charge is 0.259 e. The van der Waals surface area contributed by atoms with Gasteiger partial charge in [-0.15, -0.1) is 0 Å². The Balaban J connectivity index is 2.29. The van der Waals surface area contributed by atoms with Crippen molar-refractivity contribution >= 4 is 17.3 Å². The topological polar surface area (TPSA) is 35.8 Å². The highest BCUT2D eigenvalue weighted by atomic mass is 19.1. The van der Waals surface area contributed by atoms with Crippen molar-refractivity contribution in [1.82, 2.24) is 0 Å². The van der Waals surface area contributed by atoms with E-state index in [4.69, 9.17) is 13.1 Å². The maximum absolute atomic E-state index is 13.4. The highest BCUT2D eigenvalue weighted by molar-refractivity contribution is 5.86. The van der Waals surface area contributed by atoms with Crippen LogP contribution in [0.1, 0.15) is 50.7 Å². The van der Waals surface area contributed by atoms with Crippen LogP contribution in [0, 0.1) is 30.3 Å². The van der Waals surface area contributed by atoms with Gasteiger partial charge in [-0.2, -0.15) is 0 Å². The molecule has 0 spiro atoms. The lowest BCUT2D eigenvalue weighted by Crippen LogP contribution is -2.25. The molecule has 0 aromatic heterocycles. The van der Waals surface area contributed by atoms with Crippen LogP contribution in [0.3, 0.4) is 0 Å². The molecule has 0 saturated heterocycles. The van der Waals surface area contributed by atoms with E-state index < -0.39 is 5.82 Å². The van der Waals surface area contributed by atoms with E-state index in [0.29, 0.717) is 5.56 Å². The van der Waals surface area contributed by atoms with E-state index in [2.05, 4.69) is 40.6 Å². The summed E-state index contributed by atoms with van der Waals surface area (Å²) < 4.78 is 13.4. The van der Waals surface area contributed by atoms with Gasteiger partial charge in [0.2, 0.25) is 0 Å². The Morgan fingerprint density at radius 3 is 2.09 bits per heavy atom. The van der Waals surface area contributed by atoms with Crippen molar-refractivity contribution in [3.05, 3.63) is 112 Å². The van der Waals surface area contributed by atoms with Crippen molar-refractivity contribution < 1.29 is 4.39 Å². The number of rotatable bonds is 11. The first-order chi connectivity index (χ1) is 16.6. The van der Waals surface area contributed by atoms with Gasteiger partial charge < -0.3 is 4.90 Å². The maximum Gasteiger partial charge on any atom is 0.259 e. The summed E-state index contributed by atoms with van der Waals surface area (Å²) in [6.07, 6.45) is 9.84. The Hall–Kier alpha value is -4.14. The van der Waals surface area contributed by atoms with Crippen molar-refractivity contribution in [3.63, 3.8) is 0 Å². The van der Waals surface area contributed by atoms with Crippen molar-refractivity contribution in [2.24, 2.45) is 0 Å². The first-order valence-corrected chi connectivity index (χ1v) is 11.5. The average Bonchev–Trinajstić information content (AvgIpc) is 2.87. The van der Waals surface area contributed by atoms with Crippen LogP contribution in [0.4, 0.5) is 10.1 Å². The molecule has 34 heavy (non-hydrogen) atoms. The Labute approximate surface area is 202 Å². The van der Waals surface area contributed by atoms with Crippen LogP contribution in [0.25, 0.3) is 21.3 Å². The maximum atomic E-state index is 13.4. The quantitative estimate of drug-likeness (QED) is 0.197. The predicted octanol–water partition coefficient (Wildman–Crippen LogP) is 7.90. The van der Waals surface area contributed by atoms with Crippen molar-refractivity contribution in [2.75, 3.05) is 18.0 Å². The second-order valence-corrected chi connectivity index (χ2v) is 7.76. The predicted molar refractivity (Wildman–Crippen MR) is 138 cm³/mol. The van der Waals surface area contributed by atoms with Gasteiger partial charge in [0.25, 0.3) is 5.70 Å². The van der Waals surface area contributed by atoms with Gasteiger partial charge in [-0.1, -0.05) is 69.2 Å². The van der Waals surface area contributed by atoms with Crippen LogP contribution in [0.2, 0.25) is 0 Å². The first kappa shape index (κ1) is 26.1. The van der Waals surface area contributed by atoms with Gasteiger partial charge in [-0.05, 0) is 48.2 Å². The van der Waals surface area contributed by atoms with Gasteiger partial charge in [-0.3, -0.25) is 0 Å². The Morgan fingerprint density at radius 1 is 0.971 bits per heavy atom. The van der Waals surface area contributed by atoms with Gasteiger partial charge in [0.15, 0.2) is 5.70 Å². The zero-order chi connectivity index (χ0) is 24.8. The molecular formula is C29H29FN4. The minimum atomic E-state index is -0.427. The molecular weight excluding hydrogens is 423 g/mol. The highest BCUT2D eigenvalue weighted by Crippen LogP contribution is 2.29. The van der Waals surface area contributed by atoms with Gasteiger partial charge in [-0.25, -0.2) is 19.3 Å². The number of anilines is 1. The summed E-state index contributed by atoms with van der Waals surface area (Å²) in [4.78, 5) is 9.23. The molecule has 0 aliphatic carbocycles. The molecule has 0 unspecified atom stereocenters. The normalized spacial score (nSPS) is 11.9. The summed E-state index contributed by atoms with van der Waals surface area (Å²) in [5, 5.41) is 9.39. The molecule has 2 rings (SSSR count). The Bertz CT molecular complexity index is 1130. The number of hydrogen-bond acceptors (Lipinski definition) is 2. The average molecular weight is 453 g/mol. The minimum absolute atomic E-state index is 0.150. The van der Waals surface area contributed by atoms with Gasteiger partial charge in [0, 0.05) is 24.4 Å². The molecule has 0 amide bonds. The number of allylic oxidation sites excluding steroid dienone is 4. The molecule has 172 valence electrons. The Kier molecular flexibility index (Phi) is 10.8. The van der Waals surface area contributed by atoms with E-state index in [9.17, 15) is 9.65 Å². The van der Waals surface area contributed by atoms with Crippen LogP contribution in [0.15, 0.2) is 72.1 Å². The Morgan fingerprint density at radius 2 is 1.59 bits per heavy atom. The van der Waals surface area contributed by atoms with Crippen LogP contribution in [-0.4, -0.2) is 13.1 Å². The lowest BCUT2D eigenvalue weighted by molar-refractivity contribution is 0.627. The van der Waals surface area contributed by atoms with Crippen LogP contribution < -0.4 is 4.90 Å². The van der Waals surface area contributed by atoms with E-state index >= 15 is 0 Å². The monoisotopic (exact) mass is 452 g/mol. The van der Waals surface area contributed by atoms with Gasteiger partial charge in [0.1, 0.15) is 5.82 Å². The highest BCUT2D eigenvalue weighted by Gasteiger charge is 2.14. The molecule has 5 heteroatoms. The minimum Gasteiger partial charge on any atom is -0.372 e. The number of benzene rings is 2. The van der Waals surface area contributed by atoms with E-state index in [-0.39, 0.29) is 17.0 Å². The molecule has 0 saturated carbocycles. The third-order valence-electron chi connectivity index (χ3n) is 5.33. The fourth-order valence-corrected chi connectivity index (χ4v) is 3.45. The summed E-state index contributed by atoms with van der Waals surface area (Å²) in [7, 11) is 0. The SMILES string of the molecule is [C-]#[N+]C(=CC=Cc1ccc(N(CCCC)CCCC)cc1)C(=C(C#N)[N+]#[C-])c1ccc(F)cc1. The second-order valence-electron chi connectivity index (χ2n) is 7.76. The molecule has 0 bridgehead atoms. The summed E-state index contributed by atoms with van der Waals surface area (Å²) in [5.74, 6) is -0.427.